The summed E-state index contributed by atoms with van der Waals surface area (Å²) in [6, 6.07) is 17.6. The van der Waals surface area contributed by atoms with Gasteiger partial charge in [0.25, 0.3) is 0 Å². The number of aryl methyl sites for hydroxylation is 1. The third kappa shape index (κ3) is 2.64. The molecule has 0 saturated heterocycles. The van der Waals surface area contributed by atoms with Crippen LogP contribution in [0.5, 0.6) is 5.75 Å². The second kappa shape index (κ2) is 5.58. The first-order valence-electron chi connectivity index (χ1n) is 7.22. The van der Waals surface area contributed by atoms with Crippen molar-refractivity contribution in [2.45, 2.75) is 31.7 Å². The predicted molar refractivity (Wildman–Crippen MR) is 83.6 cm³/mol. The Labute approximate surface area is 120 Å². The first kappa shape index (κ1) is 13.0. The Hall–Kier alpha value is -1.96. The van der Waals surface area contributed by atoms with E-state index < -0.39 is 0 Å². The second-order valence-corrected chi connectivity index (χ2v) is 5.60. The highest BCUT2D eigenvalue weighted by Gasteiger charge is 2.30. The molecule has 2 nitrogen and oxygen atoms in total. The largest absolute Gasteiger partial charge is 0.497 e. The molecule has 0 heterocycles. The summed E-state index contributed by atoms with van der Waals surface area (Å²) in [7, 11) is 1.71. The van der Waals surface area contributed by atoms with Gasteiger partial charge in [-0.25, -0.2) is 0 Å². The molecule has 104 valence electrons. The van der Waals surface area contributed by atoms with Crippen molar-refractivity contribution in [2.75, 3.05) is 12.4 Å². The monoisotopic (exact) mass is 267 g/mol. The van der Waals surface area contributed by atoms with Crippen LogP contribution in [0.15, 0.2) is 48.5 Å². The number of benzene rings is 2. The minimum absolute atomic E-state index is 0.590. The van der Waals surface area contributed by atoms with Gasteiger partial charge in [0.2, 0.25) is 0 Å². The molecule has 0 aromatic heterocycles. The topological polar surface area (TPSA) is 21.3 Å². The van der Waals surface area contributed by atoms with Crippen molar-refractivity contribution in [1.29, 1.82) is 0 Å². The van der Waals surface area contributed by atoms with Gasteiger partial charge in [-0.05, 0) is 55.0 Å². The van der Waals surface area contributed by atoms with Gasteiger partial charge in [0.15, 0.2) is 0 Å². The molecule has 0 radical (unpaired) electrons. The smallest absolute Gasteiger partial charge is 0.119 e. The summed E-state index contributed by atoms with van der Waals surface area (Å²) in [6.07, 6.45) is 2.44. The highest BCUT2D eigenvalue weighted by atomic mass is 16.5. The maximum absolute atomic E-state index is 5.24. The Morgan fingerprint density at radius 3 is 2.45 bits per heavy atom. The van der Waals surface area contributed by atoms with Crippen LogP contribution in [0, 0.1) is 6.92 Å². The van der Waals surface area contributed by atoms with E-state index in [4.69, 9.17) is 4.74 Å². The molecule has 1 N–H and O–H groups in total. The van der Waals surface area contributed by atoms with Crippen molar-refractivity contribution in [3.63, 3.8) is 0 Å². The fourth-order valence-electron chi connectivity index (χ4n) is 2.88. The van der Waals surface area contributed by atoms with Crippen molar-refractivity contribution in [1.82, 2.24) is 0 Å². The molecule has 2 aromatic carbocycles. The van der Waals surface area contributed by atoms with Gasteiger partial charge in [-0.3, -0.25) is 0 Å². The number of rotatable bonds is 4. The lowest BCUT2D eigenvalue weighted by Crippen LogP contribution is -2.34. The van der Waals surface area contributed by atoms with E-state index in [1.165, 1.54) is 29.7 Å². The molecule has 0 spiro atoms. The van der Waals surface area contributed by atoms with E-state index in [2.05, 4.69) is 54.7 Å². The molecule has 1 aliphatic rings. The fourth-order valence-corrected chi connectivity index (χ4v) is 2.88. The van der Waals surface area contributed by atoms with Crippen molar-refractivity contribution in [3.8, 4) is 5.75 Å². The van der Waals surface area contributed by atoms with E-state index in [0.29, 0.717) is 12.0 Å². The molecule has 3 rings (SSSR count). The molecule has 0 aliphatic heterocycles. The highest BCUT2D eigenvalue weighted by molar-refractivity contribution is 5.54. The van der Waals surface area contributed by atoms with E-state index in [9.17, 15) is 0 Å². The number of anilines is 1. The van der Waals surface area contributed by atoms with Crippen molar-refractivity contribution in [2.24, 2.45) is 0 Å². The lowest BCUT2D eigenvalue weighted by Gasteiger charge is -2.37. The summed E-state index contributed by atoms with van der Waals surface area (Å²) in [4.78, 5) is 0. The first-order valence-corrected chi connectivity index (χ1v) is 7.22. The van der Waals surface area contributed by atoms with E-state index in [1.807, 2.05) is 6.07 Å². The number of hydrogen-bond acceptors (Lipinski definition) is 2. The molecule has 2 aromatic rings. The van der Waals surface area contributed by atoms with Crippen molar-refractivity contribution < 1.29 is 4.74 Å². The zero-order chi connectivity index (χ0) is 13.9. The third-order valence-electron chi connectivity index (χ3n) is 4.20. The van der Waals surface area contributed by atoms with Crippen LogP contribution < -0.4 is 10.1 Å². The van der Waals surface area contributed by atoms with Crippen molar-refractivity contribution >= 4 is 5.69 Å². The van der Waals surface area contributed by atoms with E-state index in [-0.39, 0.29) is 0 Å². The lowest BCUT2D eigenvalue weighted by molar-refractivity contribution is 0.374. The quantitative estimate of drug-likeness (QED) is 0.888. The SMILES string of the molecule is COc1ccc(NC2CC(c3ccccc3)C2)c(C)c1. The van der Waals surface area contributed by atoms with Crippen LogP contribution in [0.3, 0.4) is 0 Å². The zero-order valence-corrected chi connectivity index (χ0v) is 12.1. The molecule has 0 amide bonds. The Balaban J connectivity index is 1.59. The van der Waals surface area contributed by atoms with Crippen LogP contribution in [0.1, 0.15) is 29.9 Å². The average Bonchev–Trinajstić information content (AvgIpc) is 2.44. The highest BCUT2D eigenvalue weighted by Crippen LogP contribution is 2.38. The molecular weight excluding hydrogens is 246 g/mol. The predicted octanol–water partition coefficient (Wildman–Crippen LogP) is 4.36. The van der Waals surface area contributed by atoms with Crippen LogP contribution in [0.2, 0.25) is 0 Å². The number of hydrogen-bond donors (Lipinski definition) is 1. The Bertz CT molecular complexity index is 573. The van der Waals surface area contributed by atoms with Crippen LogP contribution in [-0.2, 0) is 0 Å². The van der Waals surface area contributed by atoms with Crippen LogP contribution >= 0.6 is 0 Å². The van der Waals surface area contributed by atoms with Gasteiger partial charge in [-0.2, -0.15) is 0 Å². The molecule has 20 heavy (non-hydrogen) atoms. The van der Waals surface area contributed by atoms with Gasteiger partial charge in [0.05, 0.1) is 7.11 Å². The molecule has 0 unspecified atom stereocenters. The van der Waals surface area contributed by atoms with E-state index in [1.54, 1.807) is 7.11 Å². The molecule has 0 bridgehead atoms. The maximum atomic E-state index is 5.24. The van der Waals surface area contributed by atoms with Gasteiger partial charge in [0, 0.05) is 11.7 Å². The molecule has 1 fully saturated rings. The van der Waals surface area contributed by atoms with Gasteiger partial charge < -0.3 is 10.1 Å². The normalized spacial score (nSPS) is 21.1. The minimum Gasteiger partial charge on any atom is -0.497 e. The zero-order valence-electron chi connectivity index (χ0n) is 12.1. The summed E-state index contributed by atoms with van der Waals surface area (Å²) < 4.78 is 5.24. The third-order valence-corrected chi connectivity index (χ3v) is 4.20. The number of nitrogens with one attached hydrogen (secondary N) is 1. The summed E-state index contributed by atoms with van der Waals surface area (Å²) in [6.45, 7) is 2.12. The summed E-state index contributed by atoms with van der Waals surface area (Å²) in [5.74, 6) is 1.64. The Morgan fingerprint density at radius 2 is 1.80 bits per heavy atom. The number of ether oxygens (including phenoxy) is 1. The maximum Gasteiger partial charge on any atom is 0.119 e. The van der Waals surface area contributed by atoms with Crippen LogP contribution in [0.25, 0.3) is 0 Å². The van der Waals surface area contributed by atoms with Gasteiger partial charge in [0.1, 0.15) is 5.75 Å². The molecule has 1 aliphatic carbocycles. The van der Waals surface area contributed by atoms with Gasteiger partial charge in [-0.15, -0.1) is 0 Å². The van der Waals surface area contributed by atoms with Gasteiger partial charge in [-0.1, -0.05) is 30.3 Å². The Morgan fingerprint density at radius 1 is 1.05 bits per heavy atom. The first-order chi connectivity index (χ1) is 9.76. The van der Waals surface area contributed by atoms with Crippen molar-refractivity contribution in [3.05, 3.63) is 59.7 Å². The lowest BCUT2D eigenvalue weighted by atomic mass is 9.76. The van der Waals surface area contributed by atoms with Crippen LogP contribution in [0.4, 0.5) is 5.69 Å². The Kier molecular flexibility index (Phi) is 3.64. The number of methoxy groups -OCH3 is 1. The second-order valence-electron chi connectivity index (χ2n) is 5.60. The van der Waals surface area contributed by atoms with E-state index >= 15 is 0 Å². The fraction of sp³-hybridized carbons (Fsp3) is 0.333. The summed E-state index contributed by atoms with van der Waals surface area (Å²) in [5, 5.41) is 3.64. The molecule has 1 saturated carbocycles. The average molecular weight is 267 g/mol. The summed E-state index contributed by atoms with van der Waals surface area (Å²) in [5.41, 5.74) is 3.94. The summed E-state index contributed by atoms with van der Waals surface area (Å²) >= 11 is 0. The molecule has 2 heteroatoms. The molecule has 0 atom stereocenters. The minimum atomic E-state index is 0.590. The molecular formula is C18H21NO. The van der Waals surface area contributed by atoms with E-state index in [0.717, 1.165) is 5.75 Å². The van der Waals surface area contributed by atoms with Crippen LogP contribution in [-0.4, -0.2) is 13.2 Å². The van der Waals surface area contributed by atoms with Gasteiger partial charge >= 0.3 is 0 Å². The standard InChI is InChI=1S/C18H21NO/c1-13-10-17(20-2)8-9-18(13)19-16-11-15(12-16)14-6-4-3-5-7-14/h3-10,15-16,19H,11-12H2,1-2H3.